The molecule has 1 aromatic rings. The van der Waals surface area contributed by atoms with Gasteiger partial charge >= 0.3 is 0 Å². The molecule has 1 aliphatic rings. The largest absolute Gasteiger partial charge is 0.492 e. The lowest BCUT2D eigenvalue weighted by Gasteiger charge is -2.09. The highest BCUT2D eigenvalue weighted by Gasteiger charge is 2.22. The van der Waals surface area contributed by atoms with E-state index in [1.165, 1.54) is 11.8 Å². The van der Waals surface area contributed by atoms with Crippen LogP contribution in [0.3, 0.4) is 0 Å². The minimum absolute atomic E-state index is 0.0229. The second-order valence-electron chi connectivity index (χ2n) is 3.18. The Labute approximate surface area is 97.1 Å². The second kappa shape index (κ2) is 4.77. The molecule has 1 atom stereocenters. The first-order chi connectivity index (χ1) is 7.24. The van der Waals surface area contributed by atoms with Crippen LogP contribution in [0.2, 0.25) is 5.02 Å². The Kier molecular flexibility index (Phi) is 3.38. The van der Waals surface area contributed by atoms with Gasteiger partial charge in [-0.15, -0.1) is 0 Å². The van der Waals surface area contributed by atoms with E-state index in [1.54, 1.807) is 12.1 Å². The van der Waals surface area contributed by atoms with Gasteiger partial charge in [-0.1, -0.05) is 29.4 Å². The first-order valence-electron chi connectivity index (χ1n) is 4.57. The topological polar surface area (TPSA) is 38.3 Å². The molecule has 1 fully saturated rings. The highest BCUT2D eigenvalue weighted by atomic mass is 35.5. The fraction of sp³-hybridized carbons (Fsp3) is 0.300. The fourth-order valence-corrected chi connectivity index (χ4v) is 2.22. The average molecular weight is 244 g/mol. The number of amides is 1. The van der Waals surface area contributed by atoms with E-state index >= 15 is 0 Å². The molecule has 1 aliphatic heterocycles. The van der Waals surface area contributed by atoms with Crippen molar-refractivity contribution in [3.63, 3.8) is 0 Å². The summed E-state index contributed by atoms with van der Waals surface area (Å²) in [6, 6.07) is 7.24. The van der Waals surface area contributed by atoms with E-state index in [9.17, 15) is 4.79 Å². The predicted octanol–water partition coefficient (Wildman–Crippen LogP) is 2.54. The number of halogens is 1. The summed E-state index contributed by atoms with van der Waals surface area (Å²) in [6.45, 7) is 1.19. The van der Waals surface area contributed by atoms with Gasteiger partial charge in [0.05, 0.1) is 5.25 Å². The normalized spacial score (nSPS) is 20.1. The monoisotopic (exact) mass is 243 g/mol. The van der Waals surface area contributed by atoms with Gasteiger partial charge in [0.25, 0.3) is 5.24 Å². The Bertz CT molecular complexity index is 372. The van der Waals surface area contributed by atoms with E-state index in [1.807, 2.05) is 12.1 Å². The highest BCUT2D eigenvalue weighted by Crippen LogP contribution is 2.21. The standard InChI is InChI=1S/C10H10ClNO2S/c11-7-2-1-3-8(4-7)14-6-9-5-12-10(13)15-9/h1-4,9H,5-6H2,(H,12,13)/t9-/m0/s1. The molecule has 80 valence electrons. The van der Waals surface area contributed by atoms with Crippen molar-refractivity contribution in [1.82, 2.24) is 5.32 Å². The molecule has 1 heterocycles. The summed E-state index contributed by atoms with van der Waals surface area (Å²) in [6.07, 6.45) is 0. The van der Waals surface area contributed by atoms with Crippen LogP contribution in [0.15, 0.2) is 24.3 Å². The molecule has 0 spiro atoms. The molecule has 15 heavy (non-hydrogen) atoms. The molecule has 1 N–H and O–H groups in total. The third kappa shape index (κ3) is 3.04. The molecule has 0 bridgehead atoms. The van der Waals surface area contributed by atoms with Crippen LogP contribution in [-0.2, 0) is 0 Å². The van der Waals surface area contributed by atoms with E-state index < -0.39 is 0 Å². The summed E-state index contributed by atoms with van der Waals surface area (Å²) in [5.74, 6) is 0.738. The first kappa shape index (κ1) is 10.6. The molecular weight excluding hydrogens is 234 g/mol. The third-order valence-corrected chi connectivity index (χ3v) is 3.21. The van der Waals surface area contributed by atoms with Gasteiger partial charge in [0.15, 0.2) is 0 Å². The van der Waals surface area contributed by atoms with Crippen molar-refractivity contribution in [2.75, 3.05) is 13.2 Å². The molecule has 1 saturated heterocycles. The van der Waals surface area contributed by atoms with Gasteiger partial charge in [0, 0.05) is 11.6 Å². The lowest BCUT2D eigenvalue weighted by Crippen LogP contribution is -2.20. The smallest absolute Gasteiger partial charge is 0.279 e. The molecule has 0 saturated carbocycles. The van der Waals surface area contributed by atoms with Crippen LogP contribution in [0.25, 0.3) is 0 Å². The number of hydrogen-bond donors (Lipinski definition) is 1. The SMILES string of the molecule is O=C1NC[C@@H](COc2cccc(Cl)c2)S1. The van der Waals surface area contributed by atoms with Gasteiger partial charge in [0.2, 0.25) is 0 Å². The van der Waals surface area contributed by atoms with Crippen LogP contribution in [-0.4, -0.2) is 23.6 Å². The van der Waals surface area contributed by atoms with Crippen molar-refractivity contribution in [1.29, 1.82) is 0 Å². The average Bonchev–Trinajstić information content (AvgIpc) is 2.62. The zero-order chi connectivity index (χ0) is 10.7. The van der Waals surface area contributed by atoms with Gasteiger partial charge in [-0.25, -0.2) is 0 Å². The van der Waals surface area contributed by atoms with Crippen LogP contribution in [0.5, 0.6) is 5.75 Å². The van der Waals surface area contributed by atoms with Gasteiger partial charge in [-0.2, -0.15) is 0 Å². The van der Waals surface area contributed by atoms with Crippen LogP contribution in [0.4, 0.5) is 4.79 Å². The Morgan fingerprint density at radius 1 is 1.60 bits per heavy atom. The minimum Gasteiger partial charge on any atom is -0.492 e. The van der Waals surface area contributed by atoms with E-state index in [0.717, 1.165) is 5.75 Å². The summed E-state index contributed by atoms with van der Waals surface area (Å²) < 4.78 is 5.52. The number of benzene rings is 1. The van der Waals surface area contributed by atoms with Gasteiger partial charge < -0.3 is 10.1 Å². The summed E-state index contributed by atoms with van der Waals surface area (Å²) in [4.78, 5) is 10.9. The summed E-state index contributed by atoms with van der Waals surface area (Å²) in [5, 5.41) is 3.60. The quantitative estimate of drug-likeness (QED) is 0.887. The molecule has 0 aromatic heterocycles. The lowest BCUT2D eigenvalue weighted by molar-refractivity contribution is 0.262. The Balaban J connectivity index is 1.85. The lowest BCUT2D eigenvalue weighted by atomic mass is 10.3. The van der Waals surface area contributed by atoms with Crippen molar-refractivity contribution < 1.29 is 9.53 Å². The maximum atomic E-state index is 10.9. The van der Waals surface area contributed by atoms with Crippen LogP contribution < -0.4 is 10.1 Å². The fourth-order valence-electron chi connectivity index (χ4n) is 1.27. The number of ether oxygens (including phenoxy) is 1. The van der Waals surface area contributed by atoms with Gasteiger partial charge in [0.1, 0.15) is 12.4 Å². The molecule has 1 aromatic carbocycles. The van der Waals surface area contributed by atoms with E-state index in [-0.39, 0.29) is 10.5 Å². The summed E-state index contributed by atoms with van der Waals surface area (Å²) in [5.41, 5.74) is 0. The third-order valence-electron chi connectivity index (χ3n) is 1.98. The Morgan fingerprint density at radius 2 is 2.47 bits per heavy atom. The van der Waals surface area contributed by atoms with Crippen LogP contribution in [0, 0.1) is 0 Å². The molecule has 5 heteroatoms. The van der Waals surface area contributed by atoms with E-state index in [4.69, 9.17) is 16.3 Å². The maximum absolute atomic E-state index is 10.9. The number of thioether (sulfide) groups is 1. The zero-order valence-electron chi connectivity index (χ0n) is 7.90. The summed E-state index contributed by atoms with van der Waals surface area (Å²) in [7, 11) is 0. The molecule has 2 rings (SSSR count). The van der Waals surface area contributed by atoms with E-state index in [0.29, 0.717) is 18.2 Å². The van der Waals surface area contributed by atoms with Gasteiger partial charge in [-0.05, 0) is 18.2 Å². The van der Waals surface area contributed by atoms with Crippen LogP contribution in [0.1, 0.15) is 0 Å². The number of nitrogens with one attached hydrogen (secondary N) is 1. The summed E-state index contributed by atoms with van der Waals surface area (Å²) >= 11 is 7.09. The molecule has 0 radical (unpaired) electrons. The Hall–Kier alpha value is -0.870. The highest BCUT2D eigenvalue weighted by molar-refractivity contribution is 8.14. The number of hydrogen-bond acceptors (Lipinski definition) is 3. The van der Waals surface area contributed by atoms with Gasteiger partial charge in [-0.3, -0.25) is 4.79 Å². The molecule has 3 nitrogen and oxygen atoms in total. The predicted molar refractivity (Wildman–Crippen MR) is 61.7 cm³/mol. The molecule has 0 unspecified atom stereocenters. The molecular formula is C10H10ClNO2S. The van der Waals surface area contributed by atoms with Crippen LogP contribution >= 0.6 is 23.4 Å². The molecule has 1 amide bonds. The first-order valence-corrected chi connectivity index (χ1v) is 5.82. The van der Waals surface area contributed by atoms with E-state index in [2.05, 4.69) is 5.32 Å². The number of carbonyl (C=O) groups is 1. The second-order valence-corrected chi connectivity index (χ2v) is 4.89. The van der Waals surface area contributed by atoms with Crippen molar-refractivity contribution in [2.24, 2.45) is 0 Å². The Morgan fingerprint density at radius 3 is 3.13 bits per heavy atom. The minimum atomic E-state index is 0.0229. The molecule has 0 aliphatic carbocycles. The maximum Gasteiger partial charge on any atom is 0.279 e. The van der Waals surface area contributed by atoms with Crippen molar-refractivity contribution in [3.05, 3.63) is 29.3 Å². The zero-order valence-corrected chi connectivity index (χ0v) is 9.48. The number of carbonyl (C=O) groups excluding carboxylic acids is 1. The van der Waals surface area contributed by atoms with Crippen molar-refractivity contribution in [3.8, 4) is 5.75 Å². The van der Waals surface area contributed by atoms with Crippen molar-refractivity contribution >= 4 is 28.6 Å². The number of rotatable bonds is 3. The van der Waals surface area contributed by atoms with Crippen molar-refractivity contribution in [2.45, 2.75) is 5.25 Å².